The molecule has 1 aromatic rings. The minimum atomic E-state index is 0.555. The molecule has 4 nitrogen and oxygen atoms in total. The SMILES string of the molecule is O=Cc1cnn(C[C@H]2CCOC2)c1. The molecular formula is C9H12N2O2. The van der Waals surface area contributed by atoms with Crippen LogP contribution in [0.1, 0.15) is 16.8 Å². The van der Waals surface area contributed by atoms with Crippen molar-refractivity contribution in [1.82, 2.24) is 9.78 Å². The van der Waals surface area contributed by atoms with E-state index in [2.05, 4.69) is 5.10 Å². The summed E-state index contributed by atoms with van der Waals surface area (Å²) in [6.45, 7) is 2.52. The van der Waals surface area contributed by atoms with Gasteiger partial charge in [0.1, 0.15) is 0 Å². The largest absolute Gasteiger partial charge is 0.381 e. The van der Waals surface area contributed by atoms with Gasteiger partial charge in [-0.2, -0.15) is 5.10 Å². The summed E-state index contributed by atoms with van der Waals surface area (Å²) in [7, 11) is 0. The minimum absolute atomic E-state index is 0.555. The molecule has 0 aromatic carbocycles. The molecule has 70 valence electrons. The number of carbonyl (C=O) groups excluding carboxylic acids is 1. The van der Waals surface area contributed by atoms with Crippen LogP contribution >= 0.6 is 0 Å². The average molecular weight is 180 g/mol. The third-order valence-electron chi connectivity index (χ3n) is 2.26. The zero-order chi connectivity index (χ0) is 9.10. The molecule has 0 spiro atoms. The molecule has 13 heavy (non-hydrogen) atoms. The van der Waals surface area contributed by atoms with E-state index in [1.165, 1.54) is 0 Å². The zero-order valence-electron chi connectivity index (χ0n) is 7.35. The van der Waals surface area contributed by atoms with E-state index < -0.39 is 0 Å². The second kappa shape index (κ2) is 3.70. The second-order valence-corrected chi connectivity index (χ2v) is 3.34. The molecule has 1 aliphatic heterocycles. The Labute approximate surface area is 76.5 Å². The maximum atomic E-state index is 10.4. The summed E-state index contributed by atoms with van der Waals surface area (Å²) in [6.07, 6.45) is 5.26. The van der Waals surface area contributed by atoms with Crippen LogP contribution in [0.25, 0.3) is 0 Å². The van der Waals surface area contributed by atoms with Crippen LogP contribution in [0, 0.1) is 5.92 Å². The lowest BCUT2D eigenvalue weighted by molar-refractivity contribution is 0.112. The molecule has 1 aromatic heterocycles. The molecule has 2 rings (SSSR count). The van der Waals surface area contributed by atoms with Crippen LogP contribution in [-0.2, 0) is 11.3 Å². The molecule has 0 radical (unpaired) electrons. The summed E-state index contributed by atoms with van der Waals surface area (Å²) in [5, 5.41) is 4.08. The van der Waals surface area contributed by atoms with Gasteiger partial charge in [-0.15, -0.1) is 0 Å². The Morgan fingerprint density at radius 1 is 1.77 bits per heavy atom. The van der Waals surface area contributed by atoms with Crippen LogP contribution in [0.5, 0.6) is 0 Å². The Morgan fingerprint density at radius 2 is 2.69 bits per heavy atom. The van der Waals surface area contributed by atoms with Gasteiger partial charge in [-0.3, -0.25) is 9.48 Å². The monoisotopic (exact) mass is 180 g/mol. The highest BCUT2D eigenvalue weighted by Gasteiger charge is 2.16. The maximum Gasteiger partial charge on any atom is 0.153 e. The van der Waals surface area contributed by atoms with Crippen LogP contribution in [0.4, 0.5) is 0 Å². The molecule has 1 saturated heterocycles. The highest BCUT2D eigenvalue weighted by Crippen LogP contribution is 2.14. The van der Waals surface area contributed by atoms with Gasteiger partial charge in [0.25, 0.3) is 0 Å². The fourth-order valence-corrected chi connectivity index (χ4v) is 1.53. The molecular weight excluding hydrogens is 168 g/mol. The smallest absolute Gasteiger partial charge is 0.153 e. The molecule has 4 heteroatoms. The Hall–Kier alpha value is -1.16. The molecule has 1 aliphatic rings. The lowest BCUT2D eigenvalue weighted by Gasteiger charge is -2.06. The van der Waals surface area contributed by atoms with Gasteiger partial charge in [0.15, 0.2) is 6.29 Å². The first kappa shape index (κ1) is 8.44. The van der Waals surface area contributed by atoms with Crippen LogP contribution in [0.15, 0.2) is 12.4 Å². The predicted octanol–water partition coefficient (Wildman–Crippen LogP) is 0.732. The third kappa shape index (κ3) is 1.95. The second-order valence-electron chi connectivity index (χ2n) is 3.34. The minimum Gasteiger partial charge on any atom is -0.381 e. The Morgan fingerprint density at radius 3 is 3.31 bits per heavy atom. The molecule has 0 bridgehead atoms. The van der Waals surface area contributed by atoms with E-state index in [9.17, 15) is 4.79 Å². The number of hydrogen-bond donors (Lipinski definition) is 0. The lowest BCUT2D eigenvalue weighted by Crippen LogP contribution is -2.10. The van der Waals surface area contributed by atoms with E-state index in [-0.39, 0.29) is 0 Å². The highest BCUT2D eigenvalue weighted by molar-refractivity contribution is 5.73. The van der Waals surface area contributed by atoms with E-state index in [4.69, 9.17) is 4.74 Å². The molecule has 1 atom stereocenters. The van der Waals surface area contributed by atoms with Gasteiger partial charge in [-0.05, 0) is 6.42 Å². The predicted molar refractivity (Wildman–Crippen MR) is 46.5 cm³/mol. The van der Waals surface area contributed by atoms with E-state index in [1.807, 2.05) is 4.68 Å². The van der Waals surface area contributed by atoms with Gasteiger partial charge in [-0.1, -0.05) is 0 Å². The highest BCUT2D eigenvalue weighted by atomic mass is 16.5. The topological polar surface area (TPSA) is 44.1 Å². The van der Waals surface area contributed by atoms with Gasteiger partial charge in [-0.25, -0.2) is 0 Å². The number of aromatic nitrogens is 2. The Bertz CT molecular complexity index is 290. The van der Waals surface area contributed by atoms with Crippen LogP contribution in [0.2, 0.25) is 0 Å². The van der Waals surface area contributed by atoms with Crippen molar-refractivity contribution >= 4 is 6.29 Å². The van der Waals surface area contributed by atoms with Crippen molar-refractivity contribution in [3.63, 3.8) is 0 Å². The molecule has 0 aliphatic carbocycles. The summed E-state index contributed by atoms with van der Waals surface area (Å²) in [4.78, 5) is 10.4. The normalized spacial score (nSPS) is 22.0. The Kier molecular flexibility index (Phi) is 2.40. The van der Waals surface area contributed by atoms with E-state index >= 15 is 0 Å². The first-order chi connectivity index (χ1) is 6.38. The van der Waals surface area contributed by atoms with E-state index in [0.717, 1.165) is 32.5 Å². The van der Waals surface area contributed by atoms with Crippen LogP contribution < -0.4 is 0 Å². The summed E-state index contributed by atoms with van der Waals surface area (Å²) < 4.78 is 7.06. The molecule has 0 saturated carbocycles. The Balaban J connectivity index is 1.96. The fraction of sp³-hybridized carbons (Fsp3) is 0.556. The van der Waals surface area contributed by atoms with Gasteiger partial charge in [0, 0.05) is 25.3 Å². The van der Waals surface area contributed by atoms with Crippen molar-refractivity contribution in [3.8, 4) is 0 Å². The van der Waals surface area contributed by atoms with Gasteiger partial charge in [0.2, 0.25) is 0 Å². The quantitative estimate of drug-likeness (QED) is 0.644. The number of carbonyl (C=O) groups is 1. The standard InChI is InChI=1S/C9H12N2O2/c12-6-9-3-10-11(5-9)4-8-1-2-13-7-8/h3,5-6,8H,1-2,4,7H2/t8-/m1/s1. The maximum absolute atomic E-state index is 10.4. The molecule has 0 amide bonds. The van der Waals surface area contributed by atoms with Crippen molar-refractivity contribution in [1.29, 1.82) is 0 Å². The molecule has 1 fully saturated rings. The summed E-state index contributed by atoms with van der Waals surface area (Å²) in [5.74, 6) is 0.555. The number of hydrogen-bond acceptors (Lipinski definition) is 3. The number of aldehydes is 1. The molecule has 2 heterocycles. The summed E-state index contributed by atoms with van der Waals surface area (Å²) in [5.41, 5.74) is 0.638. The van der Waals surface area contributed by atoms with Gasteiger partial charge in [0.05, 0.1) is 18.4 Å². The molecule has 0 unspecified atom stereocenters. The first-order valence-electron chi connectivity index (χ1n) is 4.44. The van der Waals surface area contributed by atoms with Crippen molar-refractivity contribution in [3.05, 3.63) is 18.0 Å². The van der Waals surface area contributed by atoms with Crippen LogP contribution in [0.3, 0.4) is 0 Å². The average Bonchev–Trinajstić information content (AvgIpc) is 2.76. The molecule has 0 N–H and O–H groups in total. The van der Waals surface area contributed by atoms with Gasteiger partial charge < -0.3 is 4.74 Å². The number of rotatable bonds is 3. The number of ether oxygens (including phenoxy) is 1. The summed E-state index contributed by atoms with van der Waals surface area (Å²) >= 11 is 0. The first-order valence-corrected chi connectivity index (χ1v) is 4.44. The van der Waals surface area contributed by atoms with Crippen molar-refractivity contribution in [2.45, 2.75) is 13.0 Å². The van der Waals surface area contributed by atoms with Crippen LogP contribution in [-0.4, -0.2) is 29.3 Å². The third-order valence-corrected chi connectivity index (χ3v) is 2.26. The van der Waals surface area contributed by atoms with Crippen molar-refractivity contribution < 1.29 is 9.53 Å². The zero-order valence-corrected chi connectivity index (χ0v) is 7.35. The van der Waals surface area contributed by atoms with Crippen molar-refractivity contribution in [2.24, 2.45) is 5.92 Å². The lowest BCUT2D eigenvalue weighted by atomic mass is 10.1. The van der Waals surface area contributed by atoms with Gasteiger partial charge >= 0.3 is 0 Å². The fourth-order valence-electron chi connectivity index (χ4n) is 1.53. The summed E-state index contributed by atoms with van der Waals surface area (Å²) in [6, 6.07) is 0. The number of nitrogens with zero attached hydrogens (tertiary/aromatic N) is 2. The van der Waals surface area contributed by atoms with Crippen molar-refractivity contribution in [2.75, 3.05) is 13.2 Å². The van der Waals surface area contributed by atoms with E-state index in [0.29, 0.717) is 11.5 Å². The van der Waals surface area contributed by atoms with E-state index in [1.54, 1.807) is 12.4 Å².